The molecule has 13 heteroatoms. The Balaban J connectivity index is 1.80. The molecule has 0 aromatic rings. The molecule has 33 heavy (non-hydrogen) atoms. The Bertz CT molecular complexity index is 1150. The number of thiocarbonyl (C=S) groups is 1. The Morgan fingerprint density at radius 2 is 2.00 bits per heavy atom. The number of sulfonamides is 1. The maximum Gasteiger partial charge on any atom is 0.323 e. The van der Waals surface area contributed by atoms with Crippen LogP contribution in [0.3, 0.4) is 0 Å². The van der Waals surface area contributed by atoms with Crippen molar-refractivity contribution in [2.45, 2.75) is 19.1 Å². The molecule has 0 aromatic carbocycles. The average molecular weight is 512 g/mol. The van der Waals surface area contributed by atoms with Gasteiger partial charge in [-0.1, -0.05) is 48.3 Å². The van der Waals surface area contributed by atoms with Crippen molar-refractivity contribution in [2.75, 3.05) is 19.3 Å². The Kier molecular flexibility index (Phi) is 7.44. The number of carboxylic acid groups (broad SMARTS) is 1. The zero-order valence-electron chi connectivity index (χ0n) is 17.6. The van der Waals surface area contributed by atoms with Gasteiger partial charge in [0.1, 0.15) is 23.5 Å². The predicted octanol–water partition coefficient (Wildman–Crippen LogP) is 0.874. The lowest BCUT2D eigenvalue weighted by atomic mass is 10.1. The van der Waals surface area contributed by atoms with Crippen LogP contribution in [0.5, 0.6) is 0 Å². The van der Waals surface area contributed by atoms with Gasteiger partial charge >= 0.3 is 5.97 Å². The van der Waals surface area contributed by atoms with Gasteiger partial charge in [0.05, 0.1) is 17.2 Å². The van der Waals surface area contributed by atoms with E-state index in [1.807, 2.05) is 29.0 Å². The number of amides is 2. The van der Waals surface area contributed by atoms with Crippen LogP contribution in [0.15, 0.2) is 58.9 Å². The van der Waals surface area contributed by atoms with Gasteiger partial charge in [-0.3, -0.25) is 24.0 Å². The summed E-state index contributed by atoms with van der Waals surface area (Å²) in [5, 5.41) is 8.93. The zero-order chi connectivity index (χ0) is 24.3. The van der Waals surface area contributed by atoms with Gasteiger partial charge in [0.2, 0.25) is 10.0 Å². The van der Waals surface area contributed by atoms with Gasteiger partial charge in [-0.25, -0.2) is 8.42 Å². The van der Waals surface area contributed by atoms with E-state index in [2.05, 4.69) is 0 Å². The molecule has 2 aliphatic heterocycles. The molecule has 2 atom stereocenters. The summed E-state index contributed by atoms with van der Waals surface area (Å²) in [6.45, 7) is 0.999. The lowest BCUT2D eigenvalue weighted by Gasteiger charge is -2.23. The van der Waals surface area contributed by atoms with Crippen LogP contribution in [0.4, 0.5) is 0 Å². The molecule has 10 nitrogen and oxygen atoms in total. The first kappa shape index (κ1) is 24.7. The number of carboxylic acids is 1. The Labute approximate surface area is 200 Å². The van der Waals surface area contributed by atoms with Gasteiger partial charge in [0.25, 0.3) is 11.8 Å². The maximum absolute atomic E-state index is 12.4. The number of allylic oxidation sites excluding steroid dienone is 6. The molecule has 0 bridgehead atoms. The van der Waals surface area contributed by atoms with E-state index < -0.39 is 34.4 Å². The fourth-order valence-corrected chi connectivity index (χ4v) is 5.04. The number of carbonyl (C=O) groups is 3. The quantitative estimate of drug-likeness (QED) is 0.375. The zero-order valence-corrected chi connectivity index (χ0v) is 20.1. The monoisotopic (exact) mass is 511 g/mol. The smallest absolute Gasteiger partial charge is 0.323 e. The van der Waals surface area contributed by atoms with Crippen molar-refractivity contribution in [3.63, 3.8) is 0 Å². The standard InChI is InChI=1S/C20H21N3O7S3/c1-12(9-15-19(27)23(11-18(25)26)20(31)32-15)7-8-17-22(10-16(24)21-33(2,28)29)13-5-3-4-6-14(13)30-17/h3-9,13-14H,10-11H2,1-2H3,(H,21,24)(H,25,26). The Morgan fingerprint density at radius 1 is 1.30 bits per heavy atom. The topological polar surface area (TPSA) is 133 Å². The minimum absolute atomic E-state index is 0.171. The molecule has 2 N–H and O–H groups in total. The van der Waals surface area contributed by atoms with E-state index in [4.69, 9.17) is 22.1 Å². The highest BCUT2D eigenvalue weighted by Gasteiger charge is 2.38. The number of hydrogen-bond acceptors (Lipinski definition) is 9. The minimum Gasteiger partial charge on any atom is -0.480 e. The summed E-state index contributed by atoms with van der Waals surface area (Å²) in [6, 6.07) is -0.285. The molecule has 2 saturated heterocycles. The molecule has 176 valence electrons. The first-order valence-corrected chi connectivity index (χ1v) is 12.7. The van der Waals surface area contributed by atoms with E-state index in [0.717, 1.165) is 22.9 Å². The van der Waals surface area contributed by atoms with E-state index in [9.17, 15) is 22.8 Å². The summed E-state index contributed by atoms with van der Waals surface area (Å²) in [5.74, 6) is -1.98. The van der Waals surface area contributed by atoms with Crippen LogP contribution >= 0.6 is 24.0 Å². The molecule has 0 saturated carbocycles. The lowest BCUT2D eigenvalue weighted by molar-refractivity contribution is -0.140. The van der Waals surface area contributed by atoms with E-state index in [-0.39, 0.29) is 23.0 Å². The molecule has 3 aliphatic rings. The molecule has 3 rings (SSSR count). The molecule has 2 heterocycles. The normalized spacial score (nSPS) is 25.1. The molecule has 0 spiro atoms. The highest BCUT2D eigenvalue weighted by atomic mass is 32.2. The summed E-state index contributed by atoms with van der Waals surface area (Å²) in [6.07, 6.45) is 12.8. The van der Waals surface area contributed by atoms with Crippen molar-refractivity contribution in [1.29, 1.82) is 0 Å². The molecule has 0 radical (unpaired) electrons. The van der Waals surface area contributed by atoms with Crippen molar-refractivity contribution in [2.24, 2.45) is 0 Å². The van der Waals surface area contributed by atoms with Crippen molar-refractivity contribution in [3.05, 3.63) is 58.9 Å². The molecule has 2 unspecified atom stereocenters. The van der Waals surface area contributed by atoms with Gasteiger partial charge in [-0.05, 0) is 30.7 Å². The largest absolute Gasteiger partial charge is 0.480 e. The number of carbonyl (C=O) groups excluding carboxylic acids is 2. The maximum atomic E-state index is 12.4. The average Bonchev–Trinajstić information content (AvgIpc) is 3.17. The Morgan fingerprint density at radius 3 is 2.67 bits per heavy atom. The van der Waals surface area contributed by atoms with E-state index in [1.165, 1.54) is 0 Å². The second-order valence-electron chi connectivity index (χ2n) is 7.35. The highest BCUT2D eigenvalue weighted by molar-refractivity contribution is 8.26. The van der Waals surface area contributed by atoms with Gasteiger partial charge < -0.3 is 14.7 Å². The molecular weight excluding hydrogens is 490 g/mol. The fourth-order valence-electron chi connectivity index (χ4n) is 3.26. The van der Waals surface area contributed by atoms with Crippen molar-refractivity contribution < 1.29 is 32.6 Å². The summed E-state index contributed by atoms with van der Waals surface area (Å²) in [4.78, 5) is 38.5. The number of aliphatic carboxylic acids is 1. The third-order valence-corrected chi connectivity index (χ3v) is 6.56. The summed E-state index contributed by atoms with van der Waals surface area (Å²) in [7, 11) is -3.70. The lowest BCUT2D eigenvalue weighted by Crippen LogP contribution is -2.42. The Hall–Kier alpha value is -2.90. The predicted molar refractivity (Wildman–Crippen MR) is 126 cm³/mol. The molecule has 2 fully saturated rings. The number of nitrogens with zero attached hydrogens (tertiary/aromatic N) is 2. The fraction of sp³-hybridized carbons (Fsp3) is 0.300. The molecule has 2 amide bonds. The molecule has 1 aliphatic carbocycles. The SMILES string of the molecule is CC(=CC=C1OC2C=CC=CC2N1CC(=O)NS(C)(=O)=O)C=C1SC(=S)N(CC(=O)O)C1=O. The van der Waals surface area contributed by atoms with Crippen molar-refractivity contribution in [1.82, 2.24) is 14.5 Å². The summed E-state index contributed by atoms with van der Waals surface area (Å²) < 4.78 is 30.8. The number of fused-ring (bicyclic) bond motifs is 1. The second kappa shape index (κ2) is 9.93. The summed E-state index contributed by atoms with van der Waals surface area (Å²) >= 11 is 6.10. The second-order valence-corrected chi connectivity index (χ2v) is 10.8. The number of nitrogens with one attached hydrogen (secondary N) is 1. The first-order valence-electron chi connectivity index (χ1n) is 9.59. The van der Waals surface area contributed by atoms with Gasteiger partial charge in [-0.2, -0.15) is 0 Å². The van der Waals surface area contributed by atoms with E-state index in [1.54, 1.807) is 30.1 Å². The van der Waals surface area contributed by atoms with Crippen molar-refractivity contribution >= 4 is 56.1 Å². The van der Waals surface area contributed by atoms with E-state index in [0.29, 0.717) is 16.4 Å². The third kappa shape index (κ3) is 6.33. The number of thioether (sulfide) groups is 1. The number of rotatable bonds is 7. The van der Waals surface area contributed by atoms with Gasteiger partial charge in [-0.15, -0.1) is 0 Å². The number of ether oxygens (including phenoxy) is 1. The van der Waals surface area contributed by atoms with Crippen LogP contribution < -0.4 is 4.72 Å². The number of hydrogen-bond donors (Lipinski definition) is 2. The van der Waals surface area contributed by atoms with Gasteiger partial charge in [0.15, 0.2) is 5.88 Å². The van der Waals surface area contributed by atoms with E-state index >= 15 is 0 Å². The van der Waals surface area contributed by atoms with Gasteiger partial charge in [0, 0.05) is 0 Å². The third-order valence-electron chi connectivity index (χ3n) is 4.58. The van der Waals surface area contributed by atoms with Crippen LogP contribution in [0.25, 0.3) is 0 Å². The van der Waals surface area contributed by atoms with Crippen LogP contribution in [-0.4, -0.2) is 76.9 Å². The van der Waals surface area contributed by atoms with Crippen LogP contribution in [0.1, 0.15) is 6.92 Å². The first-order chi connectivity index (χ1) is 15.4. The van der Waals surface area contributed by atoms with Crippen LogP contribution in [0.2, 0.25) is 0 Å². The summed E-state index contributed by atoms with van der Waals surface area (Å²) in [5.41, 5.74) is 0.656. The van der Waals surface area contributed by atoms with Crippen molar-refractivity contribution in [3.8, 4) is 0 Å². The molecule has 0 aromatic heterocycles. The highest BCUT2D eigenvalue weighted by Crippen LogP contribution is 2.32. The van der Waals surface area contributed by atoms with Crippen LogP contribution in [0, 0.1) is 0 Å². The van der Waals surface area contributed by atoms with Crippen LogP contribution in [-0.2, 0) is 29.1 Å². The molecular formula is C20H21N3O7S3. The minimum atomic E-state index is -3.70.